The molecule has 1 N–H and O–H groups in total. The minimum Gasteiger partial charge on any atom is -0.374 e. The molecule has 2 aromatic rings. The number of hydrogen-bond acceptors (Lipinski definition) is 5. The van der Waals surface area contributed by atoms with Crippen molar-refractivity contribution in [2.45, 2.75) is 51.3 Å². The summed E-state index contributed by atoms with van der Waals surface area (Å²) in [4.78, 5) is 14.3. The van der Waals surface area contributed by atoms with E-state index in [1.54, 1.807) is 4.90 Å². The molecule has 1 aliphatic heterocycles. The van der Waals surface area contributed by atoms with Crippen LogP contribution in [-0.4, -0.2) is 47.8 Å². The number of ether oxygens (including phenoxy) is 1. The molecule has 2 heterocycles. The Labute approximate surface area is 190 Å². The van der Waals surface area contributed by atoms with Gasteiger partial charge in [0.25, 0.3) is 5.91 Å². The van der Waals surface area contributed by atoms with Gasteiger partial charge >= 0.3 is 6.18 Å². The molecule has 0 saturated carbocycles. The summed E-state index contributed by atoms with van der Waals surface area (Å²) in [5, 5.41) is 6.79. The van der Waals surface area contributed by atoms with Gasteiger partial charge in [-0.25, -0.2) is 0 Å². The Balaban J connectivity index is 1.51. The maximum Gasteiger partial charge on any atom is 0.417 e. The normalized spacial score (nSPS) is 15.8. The molecule has 0 atom stereocenters. The van der Waals surface area contributed by atoms with Crippen LogP contribution in [0.2, 0.25) is 5.02 Å². The number of carbonyl (C=O) groups is 1. The van der Waals surface area contributed by atoms with E-state index in [0.29, 0.717) is 45.0 Å². The highest BCUT2D eigenvalue weighted by Crippen LogP contribution is 2.35. The van der Waals surface area contributed by atoms with Gasteiger partial charge in [0.2, 0.25) is 5.88 Å². The lowest BCUT2D eigenvalue weighted by molar-refractivity contribution is -0.137. The lowest BCUT2D eigenvalue weighted by Crippen LogP contribution is -2.38. The molecule has 32 heavy (non-hydrogen) atoms. The molecule has 6 nitrogen and oxygen atoms in total. The van der Waals surface area contributed by atoms with Crippen LogP contribution >= 0.6 is 11.6 Å². The van der Waals surface area contributed by atoms with Crippen LogP contribution in [0.4, 0.5) is 19.1 Å². The Kier molecular flexibility index (Phi) is 7.39. The summed E-state index contributed by atoms with van der Waals surface area (Å²) in [6.45, 7) is 8.03. The minimum absolute atomic E-state index is 0.139. The Hall–Kier alpha value is -2.26. The van der Waals surface area contributed by atoms with Crippen LogP contribution < -0.4 is 5.32 Å². The van der Waals surface area contributed by atoms with Crippen molar-refractivity contribution in [1.82, 2.24) is 10.1 Å². The van der Waals surface area contributed by atoms with E-state index >= 15 is 0 Å². The minimum atomic E-state index is -4.55. The van der Waals surface area contributed by atoms with E-state index in [-0.39, 0.29) is 23.0 Å². The first-order chi connectivity index (χ1) is 14.9. The van der Waals surface area contributed by atoms with Crippen molar-refractivity contribution in [2.24, 2.45) is 0 Å². The van der Waals surface area contributed by atoms with Crippen molar-refractivity contribution in [1.29, 1.82) is 0 Å². The molecule has 1 fully saturated rings. The van der Waals surface area contributed by atoms with Gasteiger partial charge in [0.15, 0.2) is 0 Å². The second-order valence-electron chi connectivity index (χ2n) is 8.76. The third kappa shape index (κ3) is 6.38. The standard InChI is InChI=1S/C22H27ClF3N3O3/c1-21(2,3)31-11-8-27-19-13-18(28-32-19)14-6-9-29(10-7-14)20(30)15-4-5-16(17(23)12-15)22(24,25)26/h4-5,12-14,27H,6-11H2,1-3H3. The van der Waals surface area contributed by atoms with Crippen LogP contribution in [0.5, 0.6) is 0 Å². The van der Waals surface area contributed by atoms with E-state index in [1.807, 2.05) is 26.8 Å². The van der Waals surface area contributed by atoms with Crippen LogP contribution in [0.15, 0.2) is 28.8 Å². The van der Waals surface area contributed by atoms with Gasteiger partial charge < -0.3 is 19.5 Å². The van der Waals surface area contributed by atoms with Gasteiger partial charge in [0, 0.05) is 37.2 Å². The number of alkyl halides is 3. The second-order valence-corrected chi connectivity index (χ2v) is 9.17. The summed E-state index contributed by atoms with van der Waals surface area (Å²) in [7, 11) is 0. The van der Waals surface area contributed by atoms with Crippen LogP contribution in [0, 0.1) is 0 Å². The molecule has 1 aromatic heterocycles. The molecule has 1 saturated heterocycles. The number of benzene rings is 1. The molecule has 1 aromatic carbocycles. The van der Waals surface area contributed by atoms with Crippen molar-refractivity contribution in [3.63, 3.8) is 0 Å². The molecule has 176 valence electrons. The number of anilines is 1. The second kappa shape index (κ2) is 9.70. The molecule has 1 amide bonds. The average molecular weight is 474 g/mol. The highest BCUT2D eigenvalue weighted by molar-refractivity contribution is 6.31. The molecule has 0 spiro atoms. The monoisotopic (exact) mass is 473 g/mol. The van der Waals surface area contributed by atoms with Crippen LogP contribution in [0.3, 0.4) is 0 Å². The number of likely N-dealkylation sites (tertiary alicyclic amines) is 1. The highest BCUT2D eigenvalue weighted by atomic mass is 35.5. The van der Waals surface area contributed by atoms with E-state index in [0.717, 1.165) is 17.8 Å². The predicted octanol–water partition coefficient (Wildman–Crippen LogP) is 5.59. The van der Waals surface area contributed by atoms with E-state index in [9.17, 15) is 18.0 Å². The Morgan fingerprint density at radius 2 is 1.94 bits per heavy atom. The van der Waals surface area contributed by atoms with Gasteiger partial charge in [-0.15, -0.1) is 0 Å². The lowest BCUT2D eigenvalue weighted by Gasteiger charge is -2.31. The van der Waals surface area contributed by atoms with Gasteiger partial charge in [-0.3, -0.25) is 4.79 Å². The number of aromatic nitrogens is 1. The fourth-order valence-electron chi connectivity index (χ4n) is 3.53. The van der Waals surface area contributed by atoms with Crippen molar-refractivity contribution < 1.29 is 27.2 Å². The zero-order chi connectivity index (χ0) is 23.5. The largest absolute Gasteiger partial charge is 0.417 e. The van der Waals surface area contributed by atoms with Crippen molar-refractivity contribution in [2.75, 3.05) is 31.6 Å². The first-order valence-electron chi connectivity index (χ1n) is 10.4. The maximum atomic E-state index is 12.9. The number of rotatable bonds is 6. The maximum absolute atomic E-state index is 12.9. The van der Waals surface area contributed by atoms with Crippen LogP contribution in [-0.2, 0) is 10.9 Å². The molecule has 0 bridgehead atoms. The van der Waals surface area contributed by atoms with Crippen molar-refractivity contribution in [3.8, 4) is 0 Å². The number of halogens is 4. The molecule has 0 aliphatic carbocycles. The number of hydrogen-bond donors (Lipinski definition) is 1. The van der Waals surface area contributed by atoms with Gasteiger partial charge in [-0.05, 0) is 51.8 Å². The summed E-state index contributed by atoms with van der Waals surface area (Å²) >= 11 is 5.75. The summed E-state index contributed by atoms with van der Waals surface area (Å²) in [6.07, 6.45) is -3.19. The van der Waals surface area contributed by atoms with Gasteiger partial charge in [0.1, 0.15) is 0 Å². The predicted molar refractivity (Wildman–Crippen MR) is 115 cm³/mol. The molecule has 3 rings (SSSR count). The summed E-state index contributed by atoms with van der Waals surface area (Å²) in [5.41, 5.74) is -0.193. The van der Waals surface area contributed by atoms with Gasteiger partial charge in [-0.1, -0.05) is 16.8 Å². The smallest absolute Gasteiger partial charge is 0.374 e. The van der Waals surface area contributed by atoms with Crippen LogP contribution in [0.25, 0.3) is 0 Å². The van der Waals surface area contributed by atoms with E-state index in [4.69, 9.17) is 20.9 Å². The molecule has 1 aliphatic rings. The highest BCUT2D eigenvalue weighted by Gasteiger charge is 2.34. The molecule has 0 radical (unpaired) electrons. The van der Waals surface area contributed by atoms with Crippen LogP contribution in [0.1, 0.15) is 61.1 Å². The first-order valence-corrected chi connectivity index (χ1v) is 10.8. The summed E-state index contributed by atoms with van der Waals surface area (Å²) in [5.74, 6) is 0.371. The lowest BCUT2D eigenvalue weighted by atomic mass is 9.93. The van der Waals surface area contributed by atoms with E-state index in [2.05, 4.69) is 10.5 Å². The van der Waals surface area contributed by atoms with Gasteiger partial charge in [-0.2, -0.15) is 13.2 Å². The fourth-order valence-corrected chi connectivity index (χ4v) is 3.82. The number of amides is 1. The number of piperidine rings is 1. The van der Waals surface area contributed by atoms with E-state index < -0.39 is 16.8 Å². The summed E-state index contributed by atoms with van der Waals surface area (Å²) in [6, 6.07) is 4.95. The molecular formula is C22H27ClF3N3O3. The van der Waals surface area contributed by atoms with Crippen molar-refractivity contribution >= 4 is 23.4 Å². The number of nitrogens with one attached hydrogen (secondary N) is 1. The Bertz CT molecular complexity index is 932. The van der Waals surface area contributed by atoms with Gasteiger partial charge in [0.05, 0.1) is 28.5 Å². The third-order valence-electron chi connectivity index (χ3n) is 5.19. The zero-order valence-electron chi connectivity index (χ0n) is 18.3. The summed E-state index contributed by atoms with van der Waals surface area (Å²) < 4.78 is 49.6. The van der Waals surface area contributed by atoms with Crippen molar-refractivity contribution in [3.05, 3.63) is 46.1 Å². The molecule has 10 heteroatoms. The average Bonchev–Trinajstić information content (AvgIpc) is 3.18. The topological polar surface area (TPSA) is 67.6 Å². The SMILES string of the molecule is CC(C)(C)OCCNc1cc(C2CCN(C(=O)c3ccc(C(F)(F)F)c(Cl)c3)CC2)no1. The number of carbonyl (C=O) groups excluding carboxylic acids is 1. The molecular weight excluding hydrogens is 447 g/mol. The Morgan fingerprint density at radius 1 is 1.25 bits per heavy atom. The third-order valence-corrected chi connectivity index (χ3v) is 5.50. The zero-order valence-corrected chi connectivity index (χ0v) is 19.0. The van der Waals surface area contributed by atoms with E-state index in [1.165, 1.54) is 6.07 Å². The Morgan fingerprint density at radius 3 is 2.53 bits per heavy atom. The molecule has 0 unspecified atom stereocenters. The first kappa shape index (κ1) is 24.4. The number of nitrogens with zero attached hydrogens (tertiary/aromatic N) is 2. The quantitative estimate of drug-likeness (QED) is 0.553. The fraction of sp³-hybridized carbons (Fsp3) is 0.545.